The Bertz CT molecular complexity index is 632. The van der Waals surface area contributed by atoms with Crippen molar-refractivity contribution in [2.24, 2.45) is 11.8 Å². The van der Waals surface area contributed by atoms with E-state index in [0.717, 1.165) is 30.1 Å². The van der Waals surface area contributed by atoms with Gasteiger partial charge in [-0.3, -0.25) is 9.59 Å². The maximum Gasteiger partial charge on any atom is 0.287 e. The predicted molar refractivity (Wildman–Crippen MR) is 85.2 cm³/mol. The van der Waals surface area contributed by atoms with Crippen LogP contribution in [0.1, 0.15) is 32.1 Å². The summed E-state index contributed by atoms with van der Waals surface area (Å²) >= 11 is 11.6. The second kappa shape index (κ2) is 6.59. The van der Waals surface area contributed by atoms with Gasteiger partial charge in [0, 0.05) is 13.1 Å². The second-order valence-electron chi connectivity index (χ2n) is 6.20. The summed E-state index contributed by atoms with van der Waals surface area (Å²) in [5, 5.41) is 3.92. The maximum atomic E-state index is 12.4. The summed E-state index contributed by atoms with van der Waals surface area (Å²) in [6.07, 6.45) is 7.45. The number of piperidine rings is 1. The Balaban J connectivity index is 1.67. The number of likely N-dealkylation sites (tertiary alicyclic amines) is 1. The zero-order valence-corrected chi connectivity index (χ0v) is 13.8. The minimum Gasteiger partial charge on any atom is -0.341 e. The highest BCUT2D eigenvalue weighted by atomic mass is 35.5. The molecule has 1 aromatic heterocycles. The molecule has 5 nitrogen and oxygen atoms in total. The van der Waals surface area contributed by atoms with Crippen molar-refractivity contribution in [3.63, 3.8) is 0 Å². The average Bonchev–Trinajstić information content (AvgIpc) is 2.55. The summed E-state index contributed by atoms with van der Waals surface area (Å²) in [7, 11) is 0. The van der Waals surface area contributed by atoms with Gasteiger partial charge in [0.2, 0.25) is 5.91 Å². The smallest absolute Gasteiger partial charge is 0.287 e. The van der Waals surface area contributed by atoms with Crippen molar-refractivity contribution in [1.29, 1.82) is 0 Å². The average molecular weight is 344 g/mol. The van der Waals surface area contributed by atoms with E-state index < -0.39 is 5.56 Å². The van der Waals surface area contributed by atoms with Gasteiger partial charge in [0.1, 0.15) is 11.6 Å². The minimum absolute atomic E-state index is 0.0722. The normalized spacial score (nSPS) is 24.9. The van der Waals surface area contributed by atoms with Crippen LogP contribution in [0.5, 0.6) is 0 Å². The zero-order valence-electron chi connectivity index (χ0n) is 12.3. The maximum absolute atomic E-state index is 12.4. The summed E-state index contributed by atoms with van der Waals surface area (Å²) in [6.45, 7) is 1.50. The Hall–Kier alpha value is -1.07. The molecule has 120 valence electrons. The number of hydrogen-bond donors (Lipinski definition) is 0. The number of carbonyl (C=O) groups excluding carboxylic acids is 1. The number of nitrogens with zero attached hydrogens (tertiary/aromatic N) is 3. The third kappa shape index (κ3) is 3.15. The number of amides is 1. The molecule has 0 bridgehead atoms. The van der Waals surface area contributed by atoms with Crippen molar-refractivity contribution in [2.75, 3.05) is 13.1 Å². The summed E-state index contributed by atoms with van der Waals surface area (Å²) in [6, 6.07) is 0. The molecule has 1 saturated heterocycles. The van der Waals surface area contributed by atoms with Gasteiger partial charge in [0.15, 0.2) is 0 Å². The van der Waals surface area contributed by atoms with Gasteiger partial charge in [-0.2, -0.15) is 5.10 Å². The Labute approximate surface area is 139 Å². The van der Waals surface area contributed by atoms with E-state index in [1.54, 1.807) is 0 Å². The first-order valence-corrected chi connectivity index (χ1v) is 8.50. The highest BCUT2D eigenvalue weighted by molar-refractivity contribution is 6.41. The molecule has 1 aliphatic heterocycles. The van der Waals surface area contributed by atoms with Gasteiger partial charge < -0.3 is 4.90 Å². The largest absolute Gasteiger partial charge is 0.341 e. The molecule has 1 saturated carbocycles. The van der Waals surface area contributed by atoms with Crippen LogP contribution >= 0.6 is 23.2 Å². The highest BCUT2D eigenvalue weighted by Gasteiger charge is 2.33. The number of halogens is 2. The van der Waals surface area contributed by atoms with E-state index in [2.05, 4.69) is 5.10 Å². The van der Waals surface area contributed by atoms with Crippen LogP contribution in [-0.2, 0) is 11.3 Å². The number of rotatable bonds is 2. The van der Waals surface area contributed by atoms with E-state index in [9.17, 15) is 9.59 Å². The minimum atomic E-state index is -0.518. The molecule has 1 aliphatic carbocycles. The van der Waals surface area contributed by atoms with Crippen molar-refractivity contribution >= 4 is 29.1 Å². The van der Waals surface area contributed by atoms with Gasteiger partial charge in [-0.1, -0.05) is 42.5 Å². The first kappa shape index (κ1) is 15.8. The molecular formula is C15H19Cl2N3O2. The van der Waals surface area contributed by atoms with Crippen LogP contribution < -0.4 is 5.56 Å². The fourth-order valence-electron chi connectivity index (χ4n) is 3.61. The fourth-order valence-corrected chi connectivity index (χ4v) is 3.88. The van der Waals surface area contributed by atoms with Gasteiger partial charge in [-0.15, -0.1) is 0 Å². The molecule has 1 amide bonds. The molecule has 2 aliphatic rings. The quantitative estimate of drug-likeness (QED) is 0.829. The first-order chi connectivity index (χ1) is 10.6. The fraction of sp³-hybridized carbons (Fsp3) is 0.667. The standard InChI is InChI=1S/C15H19Cl2N3O2/c16-12-7-18-20(15(22)14(12)17)9-13(21)19-6-5-10-3-1-2-4-11(10)8-19/h7,10-11H,1-6,8-9H2/t10-,11-/m1/s1. The second-order valence-corrected chi connectivity index (χ2v) is 6.99. The van der Waals surface area contributed by atoms with Crippen molar-refractivity contribution in [3.05, 3.63) is 26.6 Å². The third-order valence-corrected chi connectivity index (χ3v) is 5.62. The van der Waals surface area contributed by atoms with E-state index in [-0.39, 0.29) is 22.5 Å². The number of carbonyl (C=O) groups is 1. The molecule has 0 spiro atoms. The van der Waals surface area contributed by atoms with E-state index in [0.29, 0.717) is 5.92 Å². The van der Waals surface area contributed by atoms with Crippen LogP contribution in [0.3, 0.4) is 0 Å². The molecule has 2 fully saturated rings. The van der Waals surface area contributed by atoms with Gasteiger partial charge in [0.05, 0.1) is 11.2 Å². The van der Waals surface area contributed by atoms with Crippen molar-refractivity contribution in [1.82, 2.24) is 14.7 Å². The monoisotopic (exact) mass is 343 g/mol. The van der Waals surface area contributed by atoms with Crippen LogP contribution in [0.25, 0.3) is 0 Å². The number of fused-ring (bicyclic) bond motifs is 1. The summed E-state index contributed by atoms with van der Waals surface area (Å²) in [4.78, 5) is 26.3. The lowest BCUT2D eigenvalue weighted by molar-refractivity contribution is -0.135. The molecule has 2 atom stereocenters. The van der Waals surface area contributed by atoms with Gasteiger partial charge in [-0.05, 0) is 24.7 Å². The molecule has 0 aromatic carbocycles. The van der Waals surface area contributed by atoms with Crippen LogP contribution in [0.2, 0.25) is 10.0 Å². The van der Waals surface area contributed by atoms with Crippen molar-refractivity contribution < 1.29 is 4.79 Å². The molecule has 22 heavy (non-hydrogen) atoms. The molecule has 0 N–H and O–H groups in total. The van der Waals surface area contributed by atoms with Crippen LogP contribution in [0.4, 0.5) is 0 Å². The Morgan fingerprint density at radius 2 is 1.95 bits per heavy atom. The predicted octanol–water partition coefficient (Wildman–Crippen LogP) is 2.59. The lowest BCUT2D eigenvalue weighted by Crippen LogP contribution is -2.46. The molecular weight excluding hydrogens is 325 g/mol. The van der Waals surface area contributed by atoms with E-state index in [1.165, 1.54) is 31.9 Å². The lowest BCUT2D eigenvalue weighted by atomic mass is 9.75. The number of hydrogen-bond acceptors (Lipinski definition) is 3. The van der Waals surface area contributed by atoms with Crippen LogP contribution in [-0.4, -0.2) is 33.7 Å². The van der Waals surface area contributed by atoms with Crippen molar-refractivity contribution in [2.45, 2.75) is 38.6 Å². The van der Waals surface area contributed by atoms with E-state index in [4.69, 9.17) is 23.2 Å². The van der Waals surface area contributed by atoms with E-state index >= 15 is 0 Å². The Morgan fingerprint density at radius 3 is 2.73 bits per heavy atom. The third-order valence-electron chi connectivity index (χ3n) is 4.87. The van der Waals surface area contributed by atoms with Gasteiger partial charge >= 0.3 is 0 Å². The molecule has 2 heterocycles. The summed E-state index contributed by atoms with van der Waals surface area (Å²) in [5.41, 5.74) is -0.518. The summed E-state index contributed by atoms with van der Waals surface area (Å²) < 4.78 is 1.09. The lowest BCUT2D eigenvalue weighted by Gasteiger charge is -2.41. The number of aromatic nitrogens is 2. The van der Waals surface area contributed by atoms with Gasteiger partial charge in [0.25, 0.3) is 5.56 Å². The van der Waals surface area contributed by atoms with Gasteiger partial charge in [-0.25, -0.2) is 4.68 Å². The molecule has 1 aromatic rings. The Morgan fingerprint density at radius 1 is 1.23 bits per heavy atom. The van der Waals surface area contributed by atoms with E-state index in [1.807, 2.05) is 4.90 Å². The van der Waals surface area contributed by atoms with Crippen LogP contribution in [0.15, 0.2) is 11.0 Å². The topological polar surface area (TPSA) is 55.2 Å². The molecule has 0 radical (unpaired) electrons. The highest BCUT2D eigenvalue weighted by Crippen LogP contribution is 2.36. The molecule has 0 unspecified atom stereocenters. The van der Waals surface area contributed by atoms with Crippen molar-refractivity contribution in [3.8, 4) is 0 Å². The Kier molecular flexibility index (Phi) is 4.73. The molecule has 3 rings (SSSR count). The first-order valence-electron chi connectivity index (χ1n) is 7.75. The SMILES string of the molecule is O=C(Cn1ncc(Cl)c(Cl)c1=O)N1CC[C@H]2CCCC[C@@H]2C1. The van der Waals surface area contributed by atoms with Crippen LogP contribution in [0, 0.1) is 11.8 Å². The summed E-state index contributed by atoms with van der Waals surface area (Å²) in [5.74, 6) is 1.31. The molecule has 7 heteroatoms. The zero-order chi connectivity index (χ0) is 15.7.